The van der Waals surface area contributed by atoms with Gasteiger partial charge in [0.2, 0.25) is 12.7 Å². The predicted molar refractivity (Wildman–Crippen MR) is 156 cm³/mol. The molecule has 41 heavy (non-hydrogen) atoms. The number of thiophene rings is 1. The third-order valence-electron chi connectivity index (χ3n) is 8.86. The number of nitrogens with zero attached hydrogens (tertiary/aromatic N) is 1. The van der Waals surface area contributed by atoms with Crippen LogP contribution in [0.1, 0.15) is 38.1 Å². The predicted octanol–water partition coefficient (Wildman–Crippen LogP) is 5.72. The highest BCUT2D eigenvalue weighted by molar-refractivity contribution is 7.12. The van der Waals surface area contributed by atoms with Gasteiger partial charge in [-0.15, -0.1) is 11.3 Å². The molecule has 4 aliphatic rings. The summed E-state index contributed by atoms with van der Waals surface area (Å²) in [6, 6.07) is 22.6. The number of carbonyl (C=O) groups is 3. The molecule has 1 aromatic heterocycles. The number of carbonyl (C=O) groups excluding carboxylic acids is 3. The van der Waals surface area contributed by atoms with E-state index >= 15 is 0 Å². The van der Waals surface area contributed by atoms with Crippen LogP contribution in [-0.2, 0) is 10.2 Å². The van der Waals surface area contributed by atoms with E-state index in [1.807, 2.05) is 71.8 Å². The first kappa shape index (κ1) is 24.1. The quantitative estimate of drug-likeness (QED) is 0.321. The molecule has 0 unspecified atom stereocenters. The Hall–Kier alpha value is -4.69. The van der Waals surface area contributed by atoms with E-state index in [0.29, 0.717) is 27.6 Å². The fraction of sp³-hybridized carbons (Fsp3) is 0.182. The monoisotopic (exact) mass is 560 g/mol. The number of nitrogens with one attached hydrogen (secondary N) is 1. The van der Waals surface area contributed by atoms with Crippen molar-refractivity contribution in [1.82, 2.24) is 0 Å². The summed E-state index contributed by atoms with van der Waals surface area (Å²) in [5.74, 6) is -0.746. The van der Waals surface area contributed by atoms with E-state index in [1.165, 1.54) is 11.3 Å². The maximum Gasteiger partial charge on any atom is 0.238 e. The van der Waals surface area contributed by atoms with Crippen LogP contribution in [0.15, 0.2) is 90.3 Å². The van der Waals surface area contributed by atoms with Gasteiger partial charge in [-0.05, 0) is 59.8 Å². The molecule has 8 rings (SSSR count). The van der Waals surface area contributed by atoms with Crippen molar-refractivity contribution in [3.05, 3.63) is 112 Å². The second-order valence-electron chi connectivity index (χ2n) is 10.8. The molecule has 0 radical (unpaired) electrons. The summed E-state index contributed by atoms with van der Waals surface area (Å²) in [6.45, 7) is 2.10. The van der Waals surface area contributed by atoms with Gasteiger partial charge in [-0.2, -0.15) is 0 Å². The van der Waals surface area contributed by atoms with Gasteiger partial charge in [0.1, 0.15) is 11.5 Å². The van der Waals surface area contributed by atoms with Crippen molar-refractivity contribution in [2.75, 3.05) is 17.0 Å². The minimum absolute atomic E-state index is 0.0757. The highest BCUT2D eigenvalue weighted by atomic mass is 32.1. The Labute approximate surface area is 240 Å². The van der Waals surface area contributed by atoms with Crippen LogP contribution in [0.4, 0.5) is 11.4 Å². The Morgan fingerprint density at radius 3 is 2.61 bits per heavy atom. The summed E-state index contributed by atoms with van der Waals surface area (Å²) >= 11 is 1.34. The Kier molecular flexibility index (Phi) is 5.09. The number of anilines is 2. The summed E-state index contributed by atoms with van der Waals surface area (Å²) in [7, 11) is 0. The van der Waals surface area contributed by atoms with Crippen LogP contribution in [0.2, 0.25) is 0 Å². The first-order chi connectivity index (χ1) is 20.0. The first-order valence-corrected chi connectivity index (χ1v) is 14.4. The number of hydrogen-bond acceptors (Lipinski definition) is 7. The fourth-order valence-corrected chi connectivity index (χ4v) is 7.88. The Bertz CT molecular complexity index is 1810. The molecule has 1 N–H and O–H groups in total. The molecule has 1 fully saturated rings. The van der Waals surface area contributed by atoms with Gasteiger partial charge in [0.25, 0.3) is 0 Å². The van der Waals surface area contributed by atoms with Gasteiger partial charge >= 0.3 is 0 Å². The van der Waals surface area contributed by atoms with Crippen LogP contribution in [0.25, 0.3) is 5.57 Å². The maximum absolute atomic E-state index is 14.9. The SMILES string of the molecule is CC1=C[C@H]2N(c3ccccc31)[C@@H](C(=O)c1cccs1)[C@@H](C(=O)c1ccc3c(c1)OCO3)[C@@]21C(=O)Nc2ccccc21. The number of amides is 1. The van der Waals surface area contributed by atoms with Gasteiger partial charge in [0, 0.05) is 22.5 Å². The van der Waals surface area contributed by atoms with Crippen LogP contribution >= 0.6 is 11.3 Å². The molecule has 202 valence electrons. The zero-order valence-electron chi connectivity index (χ0n) is 22.0. The van der Waals surface area contributed by atoms with Crippen molar-refractivity contribution in [2.24, 2.45) is 5.92 Å². The van der Waals surface area contributed by atoms with Gasteiger partial charge < -0.3 is 19.7 Å². The van der Waals surface area contributed by atoms with Gasteiger partial charge in [-0.25, -0.2) is 0 Å². The molecule has 0 aliphatic carbocycles. The summed E-state index contributed by atoms with van der Waals surface area (Å²) in [5.41, 5.74) is 3.22. The normalized spacial score (nSPS) is 24.9. The highest BCUT2D eigenvalue weighted by Gasteiger charge is 2.70. The number of para-hydroxylation sites is 2. The van der Waals surface area contributed by atoms with E-state index in [2.05, 4.69) is 11.4 Å². The minimum atomic E-state index is -1.35. The maximum atomic E-state index is 14.9. The van der Waals surface area contributed by atoms with Gasteiger partial charge in [-0.3, -0.25) is 14.4 Å². The molecule has 3 aromatic carbocycles. The second kappa shape index (κ2) is 8.65. The van der Waals surface area contributed by atoms with Crippen molar-refractivity contribution in [3.63, 3.8) is 0 Å². The lowest BCUT2D eigenvalue weighted by molar-refractivity contribution is -0.121. The van der Waals surface area contributed by atoms with Crippen molar-refractivity contribution in [3.8, 4) is 11.5 Å². The smallest absolute Gasteiger partial charge is 0.238 e. The molecule has 4 aliphatic heterocycles. The Balaban J connectivity index is 1.43. The van der Waals surface area contributed by atoms with Crippen LogP contribution in [0, 0.1) is 5.92 Å². The number of Topliss-reactive ketones (excluding diaryl/α,β-unsaturated/α-hetero) is 2. The third-order valence-corrected chi connectivity index (χ3v) is 9.74. The topological polar surface area (TPSA) is 84.9 Å². The lowest BCUT2D eigenvalue weighted by Crippen LogP contribution is -2.51. The molecule has 4 aromatic rings. The fourth-order valence-electron chi connectivity index (χ4n) is 7.18. The molecule has 7 nitrogen and oxygen atoms in total. The van der Waals surface area contributed by atoms with Gasteiger partial charge in [-0.1, -0.05) is 48.5 Å². The van der Waals surface area contributed by atoms with Crippen molar-refractivity contribution in [2.45, 2.75) is 24.4 Å². The Morgan fingerprint density at radius 1 is 0.951 bits per heavy atom. The molecule has 1 saturated heterocycles. The summed E-state index contributed by atoms with van der Waals surface area (Å²) < 4.78 is 11.1. The number of ether oxygens (including phenoxy) is 2. The van der Waals surface area contributed by atoms with Crippen molar-refractivity contribution in [1.29, 1.82) is 0 Å². The molecular formula is C33H24N2O5S. The van der Waals surface area contributed by atoms with E-state index in [9.17, 15) is 14.4 Å². The molecule has 5 heterocycles. The first-order valence-electron chi connectivity index (χ1n) is 13.5. The van der Waals surface area contributed by atoms with E-state index in [1.54, 1.807) is 24.3 Å². The molecular weight excluding hydrogens is 536 g/mol. The lowest BCUT2D eigenvalue weighted by Gasteiger charge is -2.39. The largest absolute Gasteiger partial charge is 0.454 e. The lowest BCUT2D eigenvalue weighted by atomic mass is 9.64. The highest BCUT2D eigenvalue weighted by Crippen LogP contribution is 2.59. The van der Waals surface area contributed by atoms with Crippen LogP contribution < -0.4 is 19.7 Å². The number of ketones is 2. The molecule has 0 saturated carbocycles. The van der Waals surface area contributed by atoms with Crippen molar-refractivity contribution >= 4 is 45.8 Å². The average Bonchev–Trinajstić information content (AvgIpc) is 3.79. The van der Waals surface area contributed by atoms with Gasteiger partial charge in [0.05, 0.1) is 16.8 Å². The number of allylic oxidation sites excluding steroid dienone is 1. The van der Waals surface area contributed by atoms with Crippen LogP contribution in [0.3, 0.4) is 0 Å². The third kappa shape index (κ3) is 3.16. The summed E-state index contributed by atoms with van der Waals surface area (Å²) in [4.78, 5) is 46.5. The Morgan fingerprint density at radius 2 is 1.76 bits per heavy atom. The number of rotatable bonds is 4. The number of fused-ring (bicyclic) bond motifs is 7. The standard InChI is InChI=1S/C33H24N2O5S/c1-18-15-27-33(21-8-3-4-9-22(21)34-32(33)38)28(30(36)19-12-13-24-25(16-19)40-17-39-24)29(31(37)26-11-6-14-41-26)35(27)23-10-5-2-7-20(18)23/h2-16,27-29H,17H2,1H3,(H,34,38)/t27-,28+,29-,33+/m1/s1. The average molecular weight is 561 g/mol. The van der Waals surface area contributed by atoms with Crippen LogP contribution in [-0.4, -0.2) is 36.4 Å². The summed E-state index contributed by atoms with van der Waals surface area (Å²) in [5, 5.41) is 4.93. The van der Waals surface area contributed by atoms with Crippen LogP contribution in [0.5, 0.6) is 11.5 Å². The zero-order valence-corrected chi connectivity index (χ0v) is 22.8. The number of hydrogen-bond donors (Lipinski definition) is 1. The van der Waals surface area contributed by atoms with E-state index in [0.717, 1.165) is 22.4 Å². The molecule has 1 amide bonds. The summed E-state index contributed by atoms with van der Waals surface area (Å²) in [6.07, 6.45) is 2.06. The van der Waals surface area contributed by atoms with E-state index < -0.39 is 23.4 Å². The second-order valence-corrected chi connectivity index (χ2v) is 11.7. The molecule has 4 atom stereocenters. The zero-order chi connectivity index (χ0) is 27.9. The molecule has 1 spiro atoms. The molecule has 0 bridgehead atoms. The van der Waals surface area contributed by atoms with E-state index in [-0.39, 0.29) is 24.3 Å². The minimum Gasteiger partial charge on any atom is -0.454 e. The molecule has 8 heteroatoms. The van der Waals surface area contributed by atoms with E-state index in [4.69, 9.17) is 9.47 Å². The number of benzene rings is 3. The van der Waals surface area contributed by atoms with Crippen molar-refractivity contribution < 1.29 is 23.9 Å². The van der Waals surface area contributed by atoms with Gasteiger partial charge in [0.15, 0.2) is 23.1 Å².